The van der Waals surface area contributed by atoms with Crippen LogP contribution in [0.2, 0.25) is 0 Å². The molecule has 1 heterocycles. The Labute approximate surface area is 112 Å². The van der Waals surface area contributed by atoms with Gasteiger partial charge in [-0.3, -0.25) is 0 Å². The van der Waals surface area contributed by atoms with E-state index >= 15 is 0 Å². The van der Waals surface area contributed by atoms with Crippen molar-refractivity contribution in [3.63, 3.8) is 0 Å². The van der Waals surface area contributed by atoms with Crippen LogP contribution >= 0.6 is 0 Å². The van der Waals surface area contributed by atoms with Gasteiger partial charge in [-0.1, -0.05) is 12.1 Å². The van der Waals surface area contributed by atoms with Crippen molar-refractivity contribution in [2.75, 3.05) is 17.7 Å². The first-order valence-electron chi connectivity index (χ1n) is 6.37. The highest BCUT2D eigenvalue weighted by atomic mass is 16.5. The maximum atomic E-state index is 5.86. The van der Waals surface area contributed by atoms with Crippen LogP contribution < -0.4 is 15.8 Å². The van der Waals surface area contributed by atoms with Gasteiger partial charge in [0.25, 0.3) is 0 Å². The van der Waals surface area contributed by atoms with Crippen molar-refractivity contribution in [2.45, 2.75) is 26.8 Å². The predicted octanol–water partition coefficient (Wildman–Crippen LogP) is 2.97. The van der Waals surface area contributed by atoms with Crippen LogP contribution in [-0.4, -0.2) is 11.8 Å². The number of nitrogens with one attached hydrogen (secondary N) is 1. The van der Waals surface area contributed by atoms with Crippen molar-refractivity contribution >= 4 is 11.4 Å². The molecule has 0 unspecified atom stereocenters. The van der Waals surface area contributed by atoms with E-state index in [1.165, 1.54) is 0 Å². The van der Waals surface area contributed by atoms with Crippen LogP contribution in [0.15, 0.2) is 28.8 Å². The molecule has 5 heteroatoms. The largest absolute Gasteiger partial charge is 0.491 e. The van der Waals surface area contributed by atoms with Crippen molar-refractivity contribution in [1.29, 1.82) is 0 Å². The first-order valence-corrected chi connectivity index (χ1v) is 6.37. The smallest absolute Gasteiger partial charge is 0.144 e. The molecule has 0 saturated heterocycles. The average molecular weight is 261 g/mol. The molecule has 0 atom stereocenters. The summed E-state index contributed by atoms with van der Waals surface area (Å²) in [5.41, 5.74) is 8.32. The fraction of sp³-hybridized carbons (Fsp3) is 0.357. The predicted molar refractivity (Wildman–Crippen MR) is 75.2 cm³/mol. The molecule has 5 nitrogen and oxygen atoms in total. The van der Waals surface area contributed by atoms with E-state index in [9.17, 15) is 0 Å². The molecule has 1 aromatic carbocycles. The van der Waals surface area contributed by atoms with E-state index in [2.05, 4.69) is 17.4 Å². The zero-order chi connectivity index (χ0) is 13.7. The second kappa shape index (κ2) is 6.13. The topological polar surface area (TPSA) is 73.3 Å². The summed E-state index contributed by atoms with van der Waals surface area (Å²) in [6.07, 6.45) is 0.954. The van der Waals surface area contributed by atoms with Crippen LogP contribution in [0.4, 0.5) is 11.4 Å². The van der Waals surface area contributed by atoms with Gasteiger partial charge in [0, 0.05) is 17.8 Å². The summed E-state index contributed by atoms with van der Waals surface area (Å²) < 4.78 is 10.6. The molecule has 0 radical (unpaired) electrons. The third-order valence-electron chi connectivity index (χ3n) is 2.63. The van der Waals surface area contributed by atoms with Crippen LogP contribution in [-0.2, 0) is 6.54 Å². The Morgan fingerprint density at radius 1 is 1.37 bits per heavy atom. The lowest BCUT2D eigenvalue weighted by Crippen LogP contribution is -2.02. The molecule has 0 aliphatic rings. The number of nitrogen functional groups attached to an aromatic ring is 1. The Morgan fingerprint density at radius 2 is 2.21 bits per heavy atom. The fourth-order valence-corrected chi connectivity index (χ4v) is 1.68. The Balaban J connectivity index is 2.00. The second-order valence-electron chi connectivity index (χ2n) is 4.38. The normalized spacial score (nSPS) is 10.4. The lowest BCUT2D eigenvalue weighted by molar-refractivity contribution is 0.319. The molecule has 0 spiro atoms. The number of hydrogen-bond donors (Lipinski definition) is 2. The SMILES string of the molecule is CCCOc1cc(NCc2cc(C)on2)ccc1N. The summed E-state index contributed by atoms with van der Waals surface area (Å²) in [6.45, 7) is 5.20. The molecule has 0 saturated carbocycles. The molecule has 102 valence electrons. The first kappa shape index (κ1) is 13.3. The monoisotopic (exact) mass is 261 g/mol. The fourth-order valence-electron chi connectivity index (χ4n) is 1.68. The Hall–Kier alpha value is -2.17. The summed E-state index contributed by atoms with van der Waals surface area (Å²) in [5.74, 6) is 1.52. The Bertz CT molecular complexity index is 537. The van der Waals surface area contributed by atoms with Crippen molar-refractivity contribution in [1.82, 2.24) is 5.16 Å². The maximum absolute atomic E-state index is 5.86. The standard InChI is InChI=1S/C14H19N3O2/c1-3-6-18-14-8-11(4-5-13(14)15)16-9-12-7-10(2)19-17-12/h4-5,7-8,16H,3,6,9,15H2,1-2H3. The van der Waals surface area contributed by atoms with E-state index in [0.29, 0.717) is 24.6 Å². The minimum atomic E-state index is 0.606. The third kappa shape index (κ3) is 3.64. The van der Waals surface area contributed by atoms with Crippen molar-refractivity contribution in [2.24, 2.45) is 0 Å². The van der Waals surface area contributed by atoms with E-state index in [1.54, 1.807) is 0 Å². The quantitative estimate of drug-likeness (QED) is 0.782. The maximum Gasteiger partial charge on any atom is 0.144 e. The van der Waals surface area contributed by atoms with Crippen LogP contribution in [0.25, 0.3) is 0 Å². The summed E-state index contributed by atoms with van der Waals surface area (Å²) in [5, 5.41) is 7.19. The van der Waals surface area contributed by atoms with Crippen molar-refractivity contribution in [3.8, 4) is 5.75 Å². The van der Waals surface area contributed by atoms with Gasteiger partial charge in [-0.05, 0) is 25.5 Å². The number of hydrogen-bond acceptors (Lipinski definition) is 5. The molecule has 2 rings (SSSR count). The van der Waals surface area contributed by atoms with Crippen molar-refractivity contribution in [3.05, 3.63) is 35.7 Å². The number of nitrogens with zero attached hydrogens (tertiary/aromatic N) is 1. The number of aromatic nitrogens is 1. The summed E-state index contributed by atoms with van der Waals surface area (Å²) in [6, 6.07) is 7.55. The van der Waals surface area contributed by atoms with E-state index in [4.69, 9.17) is 15.0 Å². The van der Waals surface area contributed by atoms with Crippen LogP contribution in [0.5, 0.6) is 5.75 Å². The summed E-state index contributed by atoms with van der Waals surface area (Å²) in [4.78, 5) is 0. The van der Waals surface area contributed by atoms with Gasteiger partial charge in [0.15, 0.2) is 0 Å². The molecule has 2 aromatic rings. The molecular weight excluding hydrogens is 242 g/mol. The first-order chi connectivity index (χ1) is 9.19. The van der Waals surface area contributed by atoms with Crippen LogP contribution in [0.3, 0.4) is 0 Å². The van der Waals surface area contributed by atoms with Gasteiger partial charge in [0.2, 0.25) is 0 Å². The number of anilines is 2. The Morgan fingerprint density at radius 3 is 2.89 bits per heavy atom. The number of rotatable bonds is 6. The van der Waals surface area contributed by atoms with Gasteiger partial charge in [0.1, 0.15) is 17.2 Å². The number of benzene rings is 1. The second-order valence-corrected chi connectivity index (χ2v) is 4.38. The van der Waals surface area contributed by atoms with Gasteiger partial charge in [-0.15, -0.1) is 0 Å². The van der Waals surface area contributed by atoms with Gasteiger partial charge in [-0.2, -0.15) is 0 Å². The zero-order valence-electron chi connectivity index (χ0n) is 11.3. The van der Waals surface area contributed by atoms with Crippen LogP contribution in [0.1, 0.15) is 24.8 Å². The minimum Gasteiger partial charge on any atom is -0.491 e. The van der Waals surface area contributed by atoms with Gasteiger partial charge in [0.05, 0.1) is 18.8 Å². The molecule has 0 amide bonds. The number of aryl methyl sites for hydroxylation is 1. The number of ether oxygens (including phenoxy) is 1. The van der Waals surface area contributed by atoms with Gasteiger partial charge in [-0.25, -0.2) is 0 Å². The molecule has 0 fully saturated rings. The summed E-state index contributed by atoms with van der Waals surface area (Å²) >= 11 is 0. The van der Waals surface area contributed by atoms with Crippen LogP contribution in [0, 0.1) is 6.92 Å². The Kier molecular flexibility index (Phi) is 4.28. The van der Waals surface area contributed by atoms with Gasteiger partial charge < -0.3 is 20.3 Å². The average Bonchev–Trinajstić information content (AvgIpc) is 2.82. The molecule has 19 heavy (non-hydrogen) atoms. The van der Waals surface area contributed by atoms with E-state index < -0.39 is 0 Å². The van der Waals surface area contributed by atoms with E-state index in [0.717, 1.165) is 23.6 Å². The lowest BCUT2D eigenvalue weighted by atomic mass is 10.2. The van der Waals surface area contributed by atoms with E-state index in [1.807, 2.05) is 31.2 Å². The molecule has 3 N–H and O–H groups in total. The number of nitrogens with two attached hydrogens (primary N) is 1. The molecule has 0 aliphatic heterocycles. The highest BCUT2D eigenvalue weighted by molar-refractivity contribution is 5.61. The zero-order valence-corrected chi connectivity index (χ0v) is 11.3. The third-order valence-corrected chi connectivity index (χ3v) is 2.63. The minimum absolute atomic E-state index is 0.606. The highest BCUT2D eigenvalue weighted by Crippen LogP contribution is 2.25. The molecule has 1 aromatic heterocycles. The lowest BCUT2D eigenvalue weighted by Gasteiger charge is -2.10. The summed E-state index contributed by atoms with van der Waals surface area (Å²) in [7, 11) is 0. The highest BCUT2D eigenvalue weighted by Gasteiger charge is 2.04. The van der Waals surface area contributed by atoms with Crippen molar-refractivity contribution < 1.29 is 9.26 Å². The van der Waals surface area contributed by atoms with E-state index in [-0.39, 0.29) is 0 Å². The molecule has 0 bridgehead atoms. The molecule has 0 aliphatic carbocycles. The van der Waals surface area contributed by atoms with Gasteiger partial charge >= 0.3 is 0 Å². The molecular formula is C14H19N3O2.